The molecule has 1 N–H and O–H groups in total. The second-order valence-corrected chi connectivity index (χ2v) is 5.24. The number of carbonyl (C=O) groups excluding carboxylic acids is 1. The van der Waals surface area contributed by atoms with Crippen molar-refractivity contribution in [2.75, 3.05) is 13.2 Å². The van der Waals surface area contributed by atoms with Gasteiger partial charge in [-0.25, -0.2) is 13.5 Å². The molecular formula is C15H15F2N3O2. The predicted molar refractivity (Wildman–Crippen MR) is 75.2 cm³/mol. The Hall–Kier alpha value is -2.44. The minimum Gasteiger partial charge on any atom is -0.504 e. The molecule has 5 nitrogen and oxygen atoms in total. The molecule has 0 spiro atoms. The molecule has 1 aliphatic rings. The van der Waals surface area contributed by atoms with Gasteiger partial charge in [0.2, 0.25) is 0 Å². The van der Waals surface area contributed by atoms with E-state index in [1.165, 1.54) is 34.0 Å². The zero-order chi connectivity index (χ0) is 15.7. The van der Waals surface area contributed by atoms with Gasteiger partial charge in [0, 0.05) is 6.54 Å². The van der Waals surface area contributed by atoms with Crippen LogP contribution in [0.1, 0.15) is 23.3 Å². The Morgan fingerprint density at radius 1 is 1.45 bits per heavy atom. The van der Waals surface area contributed by atoms with Crippen LogP contribution in [0.2, 0.25) is 0 Å². The molecule has 2 aromatic rings. The lowest BCUT2D eigenvalue weighted by atomic mass is 10.2. The van der Waals surface area contributed by atoms with E-state index in [0.717, 1.165) is 6.42 Å². The summed E-state index contributed by atoms with van der Waals surface area (Å²) in [6.07, 6.45) is 2.57. The summed E-state index contributed by atoms with van der Waals surface area (Å²) in [7, 11) is 0. The van der Waals surface area contributed by atoms with Gasteiger partial charge in [0.25, 0.3) is 5.91 Å². The van der Waals surface area contributed by atoms with Crippen LogP contribution in [0.25, 0.3) is 5.69 Å². The second kappa shape index (κ2) is 5.75. The van der Waals surface area contributed by atoms with Crippen LogP contribution in [0.5, 0.6) is 5.75 Å². The van der Waals surface area contributed by atoms with Crippen molar-refractivity contribution in [3.8, 4) is 11.4 Å². The Balaban J connectivity index is 1.91. The Kier molecular flexibility index (Phi) is 3.79. The number of carbonyl (C=O) groups is 1. The Morgan fingerprint density at radius 2 is 2.27 bits per heavy atom. The van der Waals surface area contributed by atoms with Crippen LogP contribution in [0.15, 0.2) is 30.5 Å². The molecule has 1 aliphatic heterocycles. The standard InChI is InChI=1S/C15H15F2N3O2/c16-8-12-5-2-6-19(12)15(22)14-13(21)9-20(18-14)11-4-1-3-10(17)7-11/h1,3-4,7,9,12,21H,2,5-6,8H2. The van der Waals surface area contributed by atoms with Crippen LogP contribution in [0, 0.1) is 5.82 Å². The van der Waals surface area contributed by atoms with Crippen molar-refractivity contribution in [3.05, 3.63) is 42.0 Å². The van der Waals surface area contributed by atoms with Crippen molar-refractivity contribution in [1.82, 2.24) is 14.7 Å². The van der Waals surface area contributed by atoms with Gasteiger partial charge < -0.3 is 10.0 Å². The fourth-order valence-corrected chi connectivity index (χ4v) is 2.67. The van der Waals surface area contributed by atoms with Gasteiger partial charge in [-0.15, -0.1) is 0 Å². The van der Waals surface area contributed by atoms with Gasteiger partial charge in [0.15, 0.2) is 11.4 Å². The maximum absolute atomic E-state index is 13.2. The van der Waals surface area contributed by atoms with E-state index >= 15 is 0 Å². The summed E-state index contributed by atoms with van der Waals surface area (Å²) in [4.78, 5) is 13.8. The van der Waals surface area contributed by atoms with Crippen LogP contribution < -0.4 is 0 Å². The third kappa shape index (κ3) is 2.54. The Morgan fingerprint density at radius 3 is 3.00 bits per heavy atom. The molecule has 1 aromatic carbocycles. The van der Waals surface area contributed by atoms with E-state index in [1.807, 2.05) is 0 Å². The predicted octanol–water partition coefficient (Wildman–Crippen LogP) is 2.29. The maximum atomic E-state index is 13.2. The number of halogens is 2. The highest BCUT2D eigenvalue weighted by Gasteiger charge is 2.32. The van der Waals surface area contributed by atoms with Gasteiger partial charge in [-0.3, -0.25) is 4.79 Å². The first-order chi connectivity index (χ1) is 10.6. The molecular weight excluding hydrogens is 292 g/mol. The van der Waals surface area contributed by atoms with E-state index in [2.05, 4.69) is 5.10 Å². The maximum Gasteiger partial charge on any atom is 0.278 e. The zero-order valence-corrected chi connectivity index (χ0v) is 11.7. The summed E-state index contributed by atoms with van der Waals surface area (Å²) in [5.41, 5.74) is 0.238. The first-order valence-electron chi connectivity index (χ1n) is 7.01. The van der Waals surface area contributed by atoms with Gasteiger partial charge >= 0.3 is 0 Å². The molecule has 0 bridgehead atoms. The monoisotopic (exact) mass is 307 g/mol. The smallest absolute Gasteiger partial charge is 0.278 e. The summed E-state index contributed by atoms with van der Waals surface area (Å²) in [6, 6.07) is 5.16. The third-order valence-electron chi connectivity index (χ3n) is 3.79. The molecule has 1 amide bonds. The van der Waals surface area contributed by atoms with Gasteiger partial charge in [-0.1, -0.05) is 6.07 Å². The molecule has 0 aliphatic carbocycles. The molecule has 1 atom stereocenters. The molecule has 1 aromatic heterocycles. The van der Waals surface area contributed by atoms with E-state index in [0.29, 0.717) is 18.7 Å². The largest absolute Gasteiger partial charge is 0.504 e. The molecule has 22 heavy (non-hydrogen) atoms. The van der Waals surface area contributed by atoms with Gasteiger partial charge in [0.1, 0.15) is 12.5 Å². The highest BCUT2D eigenvalue weighted by atomic mass is 19.1. The summed E-state index contributed by atoms with van der Waals surface area (Å²) >= 11 is 0. The van der Waals surface area contributed by atoms with Crippen molar-refractivity contribution < 1.29 is 18.7 Å². The number of aromatic nitrogens is 2. The van der Waals surface area contributed by atoms with Gasteiger partial charge in [-0.05, 0) is 31.0 Å². The molecule has 1 saturated heterocycles. The summed E-state index contributed by atoms with van der Waals surface area (Å²) in [6.45, 7) is -0.170. The number of amides is 1. The van der Waals surface area contributed by atoms with Crippen molar-refractivity contribution >= 4 is 5.91 Å². The lowest BCUT2D eigenvalue weighted by molar-refractivity contribution is 0.0707. The minimum atomic E-state index is -0.614. The fraction of sp³-hybridized carbons (Fsp3) is 0.333. The summed E-state index contributed by atoms with van der Waals surface area (Å²) in [5.74, 6) is -1.26. The molecule has 1 fully saturated rings. The van der Waals surface area contributed by atoms with Gasteiger partial charge in [0.05, 0.1) is 17.9 Å². The molecule has 116 valence electrons. The normalized spacial score (nSPS) is 17.9. The molecule has 2 heterocycles. The number of hydrogen-bond acceptors (Lipinski definition) is 3. The fourth-order valence-electron chi connectivity index (χ4n) is 2.67. The molecule has 1 unspecified atom stereocenters. The van der Waals surface area contributed by atoms with Crippen molar-refractivity contribution in [2.45, 2.75) is 18.9 Å². The van der Waals surface area contributed by atoms with Crippen LogP contribution in [-0.4, -0.2) is 45.0 Å². The van der Waals surface area contributed by atoms with Gasteiger partial charge in [-0.2, -0.15) is 5.10 Å². The number of rotatable bonds is 3. The van der Waals surface area contributed by atoms with Crippen molar-refractivity contribution in [1.29, 1.82) is 0 Å². The lowest BCUT2D eigenvalue weighted by Gasteiger charge is -2.21. The number of alkyl halides is 1. The second-order valence-electron chi connectivity index (χ2n) is 5.24. The zero-order valence-electron chi connectivity index (χ0n) is 11.7. The minimum absolute atomic E-state index is 0.149. The number of likely N-dealkylation sites (tertiary alicyclic amines) is 1. The number of nitrogens with zero attached hydrogens (tertiary/aromatic N) is 3. The van der Waals surface area contributed by atoms with Crippen molar-refractivity contribution in [3.63, 3.8) is 0 Å². The average Bonchev–Trinajstić information content (AvgIpc) is 3.12. The first kappa shape index (κ1) is 14.5. The number of hydrogen-bond donors (Lipinski definition) is 1. The van der Waals surface area contributed by atoms with Crippen molar-refractivity contribution in [2.24, 2.45) is 0 Å². The number of benzene rings is 1. The van der Waals surface area contributed by atoms with E-state index < -0.39 is 24.4 Å². The Labute approximate surface area is 125 Å². The van der Waals surface area contributed by atoms with E-state index in [4.69, 9.17) is 0 Å². The molecule has 7 heteroatoms. The highest BCUT2D eigenvalue weighted by molar-refractivity contribution is 5.95. The SMILES string of the molecule is O=C(c1nn(-c2cccc(F)c2)cc1O)N1CCCC1CF. The third-order valence-corrected chi connectivity index (χ3v) is 3.79. The average molecular weight is 307 g/mol. The van der Waals surface area contributed by atoms with Crippen LogP contribution >= 0.6 is 0 Å². The Bertz CT molecular complexity index is 702. The van der Waals surface area contributed by atoms with E-state index in [9.17, 15) is 18.7 Å². The highest BCUT2D eigenvalue weighted by Crippen LogP contribution is 2.25. The molecule has 0 saturated carbocycles. The summed E-state index contributed by atoms with van der Waals surface area (Å²) < 4.78 is 27.4. The quantitative estimate of drug-likeness (QED) is 0.946. The van der Waals surface area contributed by atoms with Crippen LogP contribution in [0.4, 0.5) is 8.78 Å². The number of aromatic hydroxyl groups is 1. The van der Waals surface area contributed by atoms with E-state index in [1.54, 1.807) is 6.07 Å². The molecule has 0 radical (unpaired) electrons. The first-order valence-corrected chi connectivity index (χ1v) is 7.01. The lowest BCUT2D eigenvalue weighted by Crippen LogP contribution is -2.37. The molecule has 3 rings (SSSR count). The summed E-state index contributed by atoms with van der Waals surface area (Å²) in [5, 5.41) is 14.0. The van der Waals surface area contributed by atoms with Crippen LogP contribution in [-0.2, 0) is 0 Å². The van der Waals surface area contributed by atoms with E-state index in [-0.39, 0.29) is 11.4 Å². The topological polar surface area (TPSA) is 58.4 Å². The van der Waals surface area contributed by atoms with Crippen LogP contribution in [0.3, 0.4) is 0 Å².